The van der Waals surface area contributed by atoms with Gasteiger partial charge in [0.05, 0.1) is 0 Å². The van der Waals surface area contributed by atoms with Crippen LogP contribution in [0.4, 0.5) is 0 Å². The van der Waals surface area contributed by atoms with Gasteiger partial charge in [-0.3, -0.25) is 0 Å². The zero-order valence-corrected chi connectivity index (χ0v) is 10.0. The second kappa shape index (κ2) is 6.19. The molecule has 2 aliphatic rings. The highest BCUT2D eigenvalue weighted by Crippen LogP contribution is 2.22. The van der Waals surface area contributed by atoms with E-state index in [-0.39, 0.29) is 0 Å². The summed E-state index contributed by atoms with van der Waals surface area (Å²) in [6.07, 6.45) is 16.7. The van der Waals surface area contributed by atoms with Crippen LogP contribution in [-0.2, 0) is 0 Å². The first-order valence-corrected chi connectivity index (χ1v) is 6.91. The van der Waals surface area contributed by atoms with Crippen molar-refractivity contribution in [2.24, 2.45) is 0 Å². The molecule has 1 nitrogen and oxygen atoms in total. The number of hydrogen-bond acceptors (Lipinski definition) is 1. The van der Waals surface area contributed by atoms with Crippen molar-refractivity contribution in [3.63, 3.8) is 0 Å². The smallest absolute Gasteiger partial charge is 0.0175 e. The number of likely N-dealkylation sites (tertiary alicyclic amines) is 1. The van der Waals surface area contributed by atoms with Gasteiger partial charge < -0.3 is 4.90 Å². The summed E-state index contributed by atoms with van der Waals surface area (Å²) in [5.74, 6) is 0. The summed E-state index contributed by atoms with van der Waals surface area (Å²) < 4.78 is 0. The van der Waals surface area contributed by atoms with Crippen molar-refractivity contribution in [3.8, 4) is 0 Å². The van der Waals surface area contributed by atoms with Crippen LogP contribution < -0.4 is 0 Å². The fourth-order valence-corrected chi connectivity index (χ4v) is 2.82. The van der Waals surface area contributed by atoms with E-state index in [9.17, 15) is 0 Å². The topological polar surface area (TPSA) is 3.24 Å². The Kier molecular flexibility index (Phi) is 4.56. The average molecular weight is 207 g/mol. The first-order valence-electron chi connectivity index (χ1n) is 6.91. The summed E-state index contributed by atoms with van der Waals surface area (Å²) in [6, 6.07) is 0. The van der Waals surface area contributed by atoms with E-state index >= 15 is 0 Å². The Balaban J connectivity index is 1.89. The van der Waals surface area contributed by atoms with E-state index in [4.69, 9.17) is 0 Å². The van der Waals surface area contributed by atoms with Crippen molar-refractivity contribution in [2.75, 3.05) is 13.1 Å². The maximum atomic E-state index is 2.64. The van der Waals surface area contributed by atoms with Crippen LogP contribution >= 0.6 is 0 Å². The van der Waals surface area contributed by atoms with Gasteiger partial charge in [-0.15, -0.1) is 0 Å². The molecule has 1 aliphatic carbocycles. The molecule has 1 fully saturated rings. The monoisotopic (exact) mass is 207 g/mol. The number of nitrogens with zero attached hydrogens (tertiary/aromatic N) is 1. The minimum absolute atomic E-state index is 1.33. The van der Waals surface area contributed by atoms with Crippen molar-refractivity contribution < 1.29 is 0 Å². The van der Waals surface area contributed by atoms with Crippen molar-refractivity contribution in [3.05, 3.63) is 11.8 Å². The molecule has 0 saturated carbocycles. The zero-order chi connectivity index (χ0) is 10.3. The SMILES string of the molecule is C1=C(/N2CCCC2)CCCCCCCC/1. The van der Waals surface area contributed by atoms with Crippen LogP contribution in [-0.4, -0.2) is 18.0 Å². The van der Waals surface area contributed by atoms with E-state index in [0.29, 0.717) is 0 Å². The molecule has 15 heavy (non-hydrogen) atoms. The third-order valence-electron chi connectivity index (χ3n) is 3.78. The maximum absolute atomic E-state index is 2.64. The Labute approximate surface area is 94.5 Å². The molecule has 1 aliphatic heterocycles. The summed E-state index contributed by atoms with van der Waals surface area (Å²) in [6.45, 7) is 2.65. The molecular weight excluding hydrogens is 182 g/mol. The van der Waals surface area contributed by atoms with Crippen molar-refractivity contribution in [1.29, 1.82) is 0 Å². The van der Waals surface area contributed by atoms with Gasteiger partial charge in [0.25, 0.3) is 0 Å². The molecule has 86 valence electrons. The molecule has 2 rings (SSSR count). The zero-order valence-electron chi connectivity index (χ0n) is 10.0. The third kappa shape index (κ3) is 3.55. The van der Waals surface area contributed by atoms with Crippen molar-refractivity contribution in [2.45, 2.75) is 64.2 Å². The Bertz CT molecular complexity index is 201. The Morgan fingerprint density at radius 2 is 1.40 bits per heavy atom. The summed E-state index contributed by atoms with van der Waals surface area (Å²) in [5, 5.41) is 0. The van der Waals surface area contributed by atoms with Gasteiger partial charge in [0.1, 0.15) is 0 Å². The first kappa shape index (κ1) is 11.0. The minimum atomic E-state index is 1.33. The Hall–Kier alpha value is -0.460. The van der Waals surface area contributed by atoms with Crippen LogP contribution in [0.5, 0.6) is 0 Å². The molecule has 1 saturated heterocycles. The lowest BCUT2D eigenvalue weighted by Crippen LogP contribution is -2.18. The van der Waals surface area contributed by atoms with Crippen molar-refractivity contribution >= 4 is 0 Å². The molecule has 0 radical (unpaired) electrons. The lowest BCUT2D eigenvalue weighted by molar-refractivity contribution is 0.396. The summed E-state index contributed by atoms with van der Waals surface area (Å²) >= 11 is 0. The molecule has 0 amide bonds. The van der Waals surface area contributed by atoms with E-state index in [1.807, 2.05) is 0 Å². The highest BCUT2D eigenvalue weighted by Gasteiger charge is 2.14. The normalized spacial score (nSPS) is 28.5. The lowest BCUT2D eigenvalue weighted by Gasteiger charge is -2.22. The fraction of sp³-hybridized carbons (Fsp3) is 0.857. The summed E-state index contributed by atoms with van der Waals surface area (Å²) in [5.41, 5.74) is 1.68. The molecule has 1 heteroatoms. The number of allylic oxidation sites excluding steroid dienone is 2. The molecule has 0 atom stereocenters. The van der Waals surface area contributed by atoms with Crippen LogP contribution in [0.3, 0.4) is 0 Å². The van der Waals surface area contributed by atoms with Gasteiger partial charge in [0, 0.05) is 18.8 Å². The van der Waals surface area contributed by atoms with Crippen LogP contribution in [0.1, 0.15) is 64.2 Å². The number of rotatable bonds is 1. The maximum Gasteiger partial charge on any atom is 0.0175 e. The largest absolute Gasteiger partial charge is 0.375 e. The lowest BCUT2D eigenvalue weighted by atomic mass is 10.0. The summed E-state index contributed by atoms with van der Waals surface area (Å²) in [4.78, 5) is 2.64. The number of hydrogen-bond donors (Lipinski definition) is 0. The van der Waals surface area contributed by atoms with E-state index in [0.717, 1.165) is 0 Å². The third-order valence-corrected chi connectivity index (χ3v) is 3.78. The predicted molar refractivity (Wildman–Crippen MR) is 65.8 cm³/mol. The quantitative estimate of drug-likeness (QED) is 0.625. The summed E-state index contributed by atoms with van der Waals surface area (Å²) in [7, 11) is 0. The highest BCUT2D eigenvalue weighted by molar-refractivity contribution is 5.03. The Morgan fingerprint density at radius 1 is 0.733 bits per heavy atom. The van der Waals surface area contributed by atoms with Gasteiger partial charge in [-0.1, -0.05) is 31.8 Å². The molecular formula is C14H25N. The van der Waals surface area contributed by atoms with E-state index in [1.54, 1.807) is 5.70 Å². The molecule has 0 bridgehead atoms. The highest BCUT2D eigenvalue weighted by atomic mass is 15.1. The van der Waals surface area contributed by atoms with Gasteiger partial charge in [-0.2, -0.15) is 0 Å². The molecule has 0 aromatic heterocycles. The van der Waals surface area contributed by atoms with Gasteiger partial charge in [-0.05, 0) is 38.5 Å². The fourth-order valence-electron chi connectivity index (χ4n) is 2.82. The molecule has 1 heterocycles. The van der Waals surface area contributed by atoms with E-state index in [2.05, 4.69) is 11.0 Å². The molecule has 0 aromatic rings. The standard InChI is InChI=1S/C14H25N/c1-2-4-6-10-14(11-7-5-3-1)15-12-8-9-13-15/h10H,1-9,11-13H2/b14-10+. The van der Waals surface area contributed by atoms with Crippen molar-refractivity contribution in [1.82, 2.24) is 4.90 Å². The Morgan fingerprint density at radius 3 is 2.20 bits per heavy atom. The van der Waals surface area contributed by atoms with Crippen LogP contribution in [0.2, 0.25) is 0 Å². The minimum Gasteiger partial charge on any atom is -0.375 e. The second-order valence-electron chi connectivity index (χ2n) is 5.05. The van der Waals surface area contributed by atoms with Gasteiger partial charge >= 0.3 is 0 Å². The van der Waals surface area contributed by atoms with Crippen LogP contribution in [0.15, 0.2) is 11.8 Å². The van der Waals surface area contributed by atoms with E-state index < -0.39 is 0 Å². The van der Waals surface area contributed by atoms with Gasteiger partial charge in [0.15, 0.2) is 0 Å². The van der Waals surface area contributed by atoms with Gasteiger partial charge in [0.2, 0.25) is 0 Å². The van der Waals surface area contributed by atoms with Gasteiger partial charge in [-0.25, -0.2) is 0 Å². The second-order valence-corrected chi connectivity index (χ2v) is 5.05. The average Bonchev–Trinajstić information content (AvgIpc) is 2.79. The molecule has 0 N–H and O–H groups in total. The predicted octanol–water partition coefficient (Wildman–Crippen LogP) is 4.10. The molecule has 0 unspecified atom stereocenters. The molecule has 0 aromatic carbocycles. The van der Waals surface area contributed by atoms with Crippen LogP contribution in [0, 0.1) is 0 Å². The van der Waals surface area contributed by atoms with E-state index in [1.165, 1.54) is 77.3 Å². The molecule has 0 spiro atoms. The first-order chi connectivity index (χ1) is 7.47. The van der Waals surface area contributed by atoms with Crippen LogP contribution in [0.25, 0.3) is 0 Å².